The van der Waals surface area contributed by atoms with Crippen LogP contribution in [-0.2, 0) is 6.54 Å². The molecule has 29 heavy (non-hydrogen) atoms. The number of hydrogen-bond donors (Lipinski definition) is 1. The predicted octanol–water partition coefficient (Wildman–Crippen LogP) is 2.53. The summed E-state index contributed by atoms with van der Waals surface area (Å²) in [5.41, 5.74) is 11.0. The van der Waals surface area contributed by atoms with E-state index in [1.54, 1.807) is 19.1 Å². The van der Waals surface area contributed by atoms with Crippen LogP contribution in [0, 0.1) is 27.7 Å². The Balaban J connectivity index is 1.83. The van der Waals surface area contributed by atoms with E-state index in [4.69, 9.17) is 10.5 Å². The van der Waals surface area contributed by atoms with Crippen LogP contribution < -0.4 is 15.4 Å². The van der Waals surface area contributed by atoms with Crippen LogP contribution in [0.3, 0.4) is 0 Å². The summed E-state index contributed by atoms with van der Waals surface area (Å²) in [6.07, 6.45) is 0.932. The molecule has 1 saturated heterocycles. The van der Waals surface area contributed by atoms with Crippen LogP contribution in [-0.4, -0.2) is 54.1 Å². The number of carbonyl (C=O) groups excluding carboxylic acids is 1. The maximum atomic E-state index is 13.1. The number of carbonyl (C=O) groups is 1. The average Bonchev–Trinajstić information content (AvgIpc) is 3.09. The van der Waals surface area contributed by atoms with Crippen LogP contribution in [0.1, 0.15) is 45.0 Å². The number of amides is 1. The van der Waals surface area contributed by atoms with Crippen molar-refractivity contribution < 1.29 is 9.53 Å². The first-order chi connectivity index (χ1) is 13.7. The van der Waals surface area contributed by atoms with Crippen molar-refractivity contribution in [3.05, 3.63) is 45.9 Å². The lowest BCUT2D eigenvalue weighted by molar-refractivity contribution is 0.0772. The van der Waals surface area contributed by atoms with Gasteiger partial charge in [-0.1, -0.05) is 12.1 Å². The first kappa shape index (κ1) is 21.0. The molecule has 156 valence electrons. The van der Waals surface area contributed by atoms with Gasteiger partial charge in [0, 0.05) is 44.0 Å². The molecule has 2 N–H and O–H groups in total. The number of methoxy groups -OCH3 is 1. The highest BCUT2D eigenvalue weighted by atomic mass is 16.5. The number of ether oxygens (including phenoxy) is 1. The third-order valence-corrected chi connectivity index (χ3v) is 5.57. The molecule has 0 saturated carbocycles. The van der Waals surface area contributed by atoms with Gasteiger partial charge in [-0.05, 0) is 50.8 Å². The minimum Gasteiger partial charge on any atom is -0.496 e. The third kappa shape index (κ3) is 4.34. The molecule has 1 atom stereocenters. The maximum absolute atomic E-state index is 13.1. The second kappa shape index (κ2) is 8.37. The molecule has 0 aliphatic carbocycles. The molecule has 1 fully saturated rings. The standard InChI is InChI=1S/C22H31N5O2/c1-13-9-17(10-14(2)19(13)29-6)11-26(5)22(28)20-24-16(4)15(3)21(25-20)27-8-7-18(23)12-27/h9-10,18H,7-8,11-12,23H2,1-6H3/t18-/m1/s1. The van der Waals surface area contributed by atoms with E-state index in [0.717, 1.165) is 59.0 Å². The van der Waals surface area contributed by atoms with Crippen LogP contribution in [0.5, 0.6) is 5.75 Å². The Bertz CT molecular complexity index is 905. The van der Waals surface area contributed by atoms with Crippen molar-refractivity contribution in [1.29, 1.82) is 0 Å². The van der Waals surface area contributed by atoms with Gasteiger partial charge in [0.15, 0.2) is 0 Å². The largest absolute Gasteiger partial charge is 0.496 e. The van der Waals surface area contributed by atoms with Crippen LogP contribution in [0.2, 0.25) is 0 Å². The van der Waals surface area contributed by atoms with Crippen molar-refractivity contribution in [2.24, 2.45) is 5.73 Å². The van der Waals surface area contributed by atoms with Crippen LogP contribution in [0.4, 0.5) is 5.82 Å². The van der Waals surface area contributed by atoms with Gasteiger partial charge in [0.1, 0.15) is 11.6 Å². The van der Waals surface area contributed by atoms with Crippen LogP contribution in [0.15, 0.2) is 12.1 Å². The van der Waals surface area contributed by atoms with Crippen molar-refractivity contribution in [1.82, 2.24) is 14.9 Å². The van der Waals surface area contributed by atoms with Crippen molar-refractivity contribution >= 4 is 11.7 Å². The Kier molecular flexibility index (Phi) is 6.07. The van der Waals surface area contributed by atoms with E-state index in [1.807, 2.05) is 39.8 Å². The molecule has 7 heteroatoms. The smallest absolute Gasteiger partial charge is 0.291 e. The fourth-order valence-electron chi connectivity index (χ4n) is 3.97. The number of hydrogen-bond acceptors (Lipinski definition) is 6. The highest BCUT2D eigenvalue weighted by Crippen LogP contribution is 2.26. The van der Waals surface area contributed by atoms with Gasteiger partial charge < -0.3 is 20.3 Å². The summed E-state index contributed by atoms with van der Waals surface area (Å²) < 4.78 is 5.43. The van der Waals surface area contributed by atoms with Crippen molar-refractivity contribution in [3.8, 4) is 5.75 Å². The topological polar surface area (TPSA) is 84.6 Å². The van der Waals surface area contributed by atoms with Gasteiger partial charge in [0.05, 0.1) is 7.11 Å². The lowest BCUT2D eigenvalue weighted by atomic mass is 10.1. The number of anilines is 1. The van der Waals surface area contributed by atoms with Gasteiger partial charge in [-0.15, -0.1) is 0 Å². The molecule has 1 amide bonds. The molecule has 1 aliphatic heterocycles. The van der Waals surface area contributed by atoms with E-state index in [0.29, 0.717) is 6.54 Å². The normalized spacial score (nSPS) is 16.2. The molecule has 2 aromatic rings. The third-order valence-electron chi connectivity index (χ3n) is 5.57. The Labute approximate surface area is 172 Å². The zero-order valence-corrected chi connectivity index (χ0v) is 18.2. The molecule has 1 aliphatic rings. The molecule has 0 unspecified atom stereocenters. The molecule has 2 heterocycles. The first-order valence-corrected chi connectivity index (χ1v) is 9.96. The molecule has 3 rings (SSSR count). The number of aryl methyl sites for hydroxylation is 3. The van der Waals surface area contributed by atoms with E-state index in [1.165, 1.54) is 0 Å². The number of benzene rings is 1. The quantitative estimate of drug-likeness (QED) is 0.835. The van der Waals surface area contributed by atoms with E-state index in [9.17, 15) is 4.79 Å². The van der Waals surface area contributed by atoms with Gasteiger partial charge in [-0.25, -0.2) is 9.97 Å². The second-order valence-corrected chi connectivity index (χ2v) is 8.00. The molecule has 7 nitrogen and oxygen atoms in total. The average molecular weight is 398 g/mol. The zero-order valence-electron chi connectivity index (χ0n) is 18.2. The van der Waals surface area contributed by atoms with E-state index >= 15 is 0 Å². The van der Waals surface area contributed by atoms with E-state index in [-0.39, 0.29) is 17.8 Å². The number of aromatic nitrogens is 2. The van der Waals surface area contributed by atoms with E-state index in [2.05, 4.69) is 14.9 Å². The fraction of sp³-hybridized carbons (Fsp3) is 0.500. The summed E-state index contributed by atoms with van der Waals surface area (Å²) in [6.45, 7) is 10.0. The van der Waals surface area contributed by atoms with Gasteiger partial charge in [0.25, 0.3) is 5.91 Å². The number of nitrogens with two attached hydrogens (primary N) is 1. The van der Waals surface area contributed by atoms with Crippen molar-refractivity contribution in [2.75, 3.05) is 32.1 Å². The minimum absolute atomic E-state index is 0.146. The summed E-state index contributed by atoms with van der Waals surface area (Å²) in [5, 5.41) is 0. The SMILES string of the molecule is COc1c(C)cc(CN(C)C(=O)c2nc(C)c(C)c(N3CC[C@@H](N)C3)n2)cc1C. The summed E-state index contributed by atoms with van der Waals surface area (Å²) in [6, 6.07) is 4.25. The lowest BCUT2D eigenvalue weighted by Crippen LogP contribution is -2.31. The summed E-state index contributed by atoms with van der Waals surface area (Å²) >= 11 is 0. The molecule has 1 aromatic carbocycles. The summed E-state index contributed by atoms with van der Waals surface area (Å²) in [4.78, 5) is 26.0. The molecule has 1 aromatic heterocycles. The Morgan fingerprint density at radius 3 is 2.45 bits per heavy atom. The minimum atomic E-state index is -0.191. The monoisotopic (exact) mass is 397 g/mol. The summed E-state index contributed by atoms with van der Waals surface area (Å²) in [5.74, 6) is 1.74. The highest BCUT2D eigenvalue weighted by Gasteiger charge is 2.25. The zero-order chi connectivity index (χ0) is 21.3. The highest BCUT2D eigenvalue weighted by molar-refractivity contribution is 5.90. The molecule has 0 radical (unpaired) electrons. The predicted molar refractivity (Wildman–Crippen MR) is 115 cm³/mol. The molecular formula is C22H31N5O2. The van der Waals surface area contributed by atoms with Gasteiger partial charge in [-0.2, -0.15) is 0 Å². The van der Waals surface area contributed by atoms with Gasteiger partial charge in [-0.3, -0.25) is 4.79 Å². The van der Waals surface area contributed by atoms with E-state index < -0.39 is 0 Å². The van der Waals surface area contributed by atoms with Crippen molar-refractivity contribution in [3.63, 3.8) is 0 Å². The van der Waals surface area contributed by atoms with Gasteiger partial charge >= 0.3 is 0 Å². The molecular weight excluding hydrogens is 366 g/mol. The number of rotatable bonds is 5. The summed E-state index contributed by atoms with van der Waals surface area (Å²) in [7, 11) is 3.45. The fourth-order valence-corrected chi connectivity index (χ4v) is 3.97. The maximum Gasteiger partial charge on any atom is 0.291 e. The number of nitrogens with zero attached hydrogens (tertiary/aromatic N) is 4. The van der Waals surface area contributed by atoms with Crippen molar-refractivity contribution in [2.45, 2.75) is 46.7 Å². The van der Waals surface area contributed by atoms with Crippen LogP contribution >= 0.6 is 0 Å². The Morgan fingerprint density at radius 2 is 1.90 bits per heavy atom. The Hall–Kier alpha value is -2.67. The lowest BCUT2D eigenvalue weighted by Gasteiger charge is -2.22. The second-order valence-electron chi connectivity index (χ2n) is 8.00. The van der Waals surface area contributed by atoms with Crippen LogP contribution in [0.25, 0.3) is 0 Å². The Morgan fingerprint density at radius 1 is 1.24 bits per heavy atom. The first-order valence-electron chi connectivity index (χ1n) is 9.96. The molecule has 0 spiro atoms. The molecule has 0 bridgehead atoms. The van der Waals surface area contributed by atoms with Gasteiger partial charge in [0.2, 0.25) is 5.82 Å².